The number of aromatic nitrogens is 2. The molecule has 0 aliphatic heterocycles. The van der Waals surface area contributed by atoms with Gasteiger partial charge in [0.05, 0.1) is 12.8 Å². The Morgan fingerprint density at radius 2 is 1.70 bits per heavy atom. The van der Waals surface area contributed by atoms with Crippen molar-refractivity contribution >= 4 is 15.9 Å². The Kier molecular flexibility index (Phi) is 6.33. The second-order valence-electron chi connectivity index (χ2n) is 7.11. The van der Waals surface area contributed by atoms with Crippen LogP contribution >= 0.6 is 0 Å². The quantitative estimate of drug-likeness (QED) is 0.574. The lowest BCUT2D eigenvalue weighted by Crippen LogP contribution is -2.41. The summed E-state index contributed by atoms with van der Waals surface area (Å²) in [5, 5.41) is 4.01. The molecule has 0 saturated heterocycles. The van der Waals surface area contributed by atoms with Crippen LogP contribution in [0.15, 0.2) is 59.1 Å². The molecule has 8 nitrogen and oxygen atoms in total. The van der Waals surface area contributed by atoms with Crippen LogP contribution in [0.2, 0.25) is 0 Å². The summed E-state index contributed by atoms with van der Waals surface area (Å²) in [7, 11) is -0.638. The number of likely N-dealkylation sites (N-methyl/N-ethyl adjacent to an activating group) is 2. The summed E-state index contributed by atoms with van der Waals surface area (Å²) >= 11 is 0. The summed E-state index contributed by atoms with van der Waals surface area (Å²) in [6, 6.07) is 15.4. The van der Waals surface area contributed by atoms with E-state index in [1.54, 1.807) is 37.4 Å². The highest BCUT2D eigenvalue weighted by Crippen LogP contribution is 2.25. The van der Waals surface area contributed by atoms with E-state index in [1.807, 2.05) is 31.2 Å². The van der Waals surface area contributed by atoms with Gasteiger partial charge in [0.15, 0.2) is 0 Å². The first kappa shape index (κ1) is 21.7. The Morgan fingerprint density at radius 1 is 1.07 bits per heavy atom. The van der Waals surface area contributed by atoms with Crippen molar-refractivity contribution in [3.05, 3.63) is 71.6 Å². The average molecular weight is 429 g/mol. The van der Waals surface area contributed by atoms with Gasteiger partial charge in [0.2, 0.25) is 27.6 Å². The Balaban J connectivity index is 1.84. The Bertz CT molecular complexity index is 1130. The molecule has 1 heterocycles. The van der Waals surface area contributed by atoms with Crippen LogP contribution in [0.5, 0.6) is 0 Å². The fourth-order valence-electron chi connectivity index (χ4n) is 3.08. The van der Waals surface area contributed by atoms with Crippen molar-refractivity contribution in [1.82, 2.24) is 19.3 Å². The predicted molar refractivity (Wildman–Crippen MR) is 113 cm³/mol. The molecule has 158 valence electrons. The summed E-state index contributed by atoms with van der Waals surface area (Å²) in [6.45, 7) is 2.01. The number of sulfonamides is 1. The lowest BCUT2D eigenvalue weighted by molar-refractivity contribution is -0.134. The summed E-state index contributed by atoms with van der Waals surface area (Å²) in [6.07, 6.45) is 1.07. The van der Waals surface area contributed by atoms with E-state index in [9.17, 15) is 13.2 Å². The molecular weight excluding hydrogens is 404 g/mol. The number of hydrogen-bond donors (Lipinski definition) is 0. The third-order valence-corrected chi connectivity index (χ3v) is 6.10. The van der Waals surface area contributed by atoms with Gasteiger partial charge >= 0.3 is 0 Å². The molecule has 0 aliphatic carbocycles. The third-order valence-electron chi connectivity index (χ3n) is 4.84. The van der Waals surface area contributed by atoms with E-state index in [2.05, 4.69) is 10.1 Å². The summed E-state index contributed by atoms with van der Waals surface area (Å²) in [5.41, 5.74) is 2.43. The van der Waals surface area contributed by atoms with E-state index in [4.69, 9.17) is 4.52 Å². The van der Waals surface area contributed by atoms with Gasteiger partial charge in [-0.25, -0.2) is 8.42 Å². The van der Waals surface area contributed by atoms with E-state index in [-0.39, 0.29) is 12.4 Å². The monoisotopic (exact) mass is 428 g/mol. The number of carbonyl (C=O) groups is 1. The SMILES string of the molecule is Cc1ccccc1-c1noc(CN(C)C(=O)[C@H](c2ccccc2)N(C)S(C)(=O)=O)n1. The number of nitrogens with zero attached hydrogens (tertiary/aromatic N) is 4. The number of hydrogen-bond acceptors (Lipinski definition) is 6. The second kappa shape index (κ2) is 8.76. The lowest BCUT2D eigenvalue weighted by Gasteiger charge is -2.29. The van der Waals surface area contributed by atoms with Gasteiger partial charge in [0.1, 0.15) is 6.04 Å². The summed E-state index contributed by atoms with van der Waals surface area (Å²) in [5.74, 6) is 0.305. The van der Waals surface area contributed by atoms with Crippen molar-refractivity contribution in [1.29, 1.82) is 0 Å². The van der Waals surface area contributed by atoms with Crippen molar-refractivity contribution in [2.45, 2.75) is 19.5 Å². The number of rotatable bonds is 7. The molecule has 0 saturated carbocycles. The molecule has 0 aliphatic rings. The van der Waals surface area contributed by atoms with Crippen LogP contribution in [-0.2, 0) is 21.4 Å². The zero-order chi connectivity index (χ0) is 21.9. The molecule has 0 N–H and O–H groups in total. The minimum absolute atomic E-state index is 0.0542. The molecule has 3 aromatic rings. The smallest absolute Gasteiger partial charge is 0.246 e. The highest BCUT2D eigenvalue weighted by Gasteiger charge is 2.33. The van der Waals surface area contributed by atoms with Gasteiger partial charge in [-0.15, -0.1) is 0 Å². The van der Waals surface area contributed by atoms with Crippen molar-refractivity contribution in [2.24, 2.45) is 0 Å². The Labute approximate surface area is 176 Å². The van der Waals surface area contributed by atoms with Crippen LogP contribution in [0.3, 0.4) is 0 Å². The summed E-state index contributed by atoms with van der Waals surface area (Å²) < 4.78 is 30.7. The van der Waals surface area contributed by atoms with Crippen LogP contribution < -0.4 is 0 Å². The first-order chi connectivity index (χ1) is 14.2. The van der Waals surface area contributed by atoms with Gasteiger partial charge < -0.3 is 9.42 Å². The van der Waals surface area contributed by atoms with Gasteiger partial charge in [-0.05, 0) is 18.1 Å². The first-order valence-corrected chi connectivity index (χ1v) is 11.1. The topological polar surface area (TPSA) is 96.6 Å². The molecule has 1 aromatic heterocycles. The number of carbonyl (C=O) groups excluding carboxylic acids is 1. The molecular formula is C21H24N4O4S. The van der Waals surface area contributed by atoms with Crippen LogP contribution in [0.1, 0.15) is 23.1 Å². The van der Waals surface area contributed by atoms with Crippen LogP contribution in [-0.4, -0.2) is 54.0 Å². The maximum absolute atomic E-state index is 13.2. The average Bonchev–Trinajstić information content (AvgIpc) is 3.16. The minimum Gasteiger partial charge on any atom is -0.337 e. The normalized spacial score (nSPS) is 12.7. The van der Waals surface area contributed by atoms with Gasteiger partial charge in [-0.2, -0.15) is 9.29 Å². The number of amides is 1. The Hall–Kier alpha value is -3.04. The zero-order valence-corrected chi connectivity index (χ0v) is 18.1. The molecule has 0 bridgehead atoms. The van der Waals surface area contributed by atoms with E-state index < -0.39 is 22.0 Å². The van der Waals surface area contributed by atoms with Crippen molar-refractivity contribution < 1.29 is 17.7 Å². The molecule has 0 radical (unpaired) electrons. The molecule has 0 spiro atoms. The molecule has 0 unspecified atom stereocenters. The van der Waals surface area contributed by atoms with Crippen molar-refractivity contribution in [3.8, 4) is 11.4 Å². The van der Waals surface area contributed by atoms with Crippen LogP contribution in [0, 0.1) is 6.92 Å². The Morgan fingerprint density at radius 3 is 2.33 bits per heavy atom. The predicted octanol–water partition coefficient (Wildman–Crippen LogP) is 2.64. The minimum atomic E-state index is -3.60. The van der Waals surface area contributed by atoms with E-state index in [0.717, 1.165) is 21.7 Å². The van der Waals surface area contributed by atoms with Gasteiger partial charge in [-0.1, -0.05) is 59.8 Å². The molecule has 0 fully saturated rings. The van der Waals surface area contributed by atoms with Crippen LogP contribution in [0.25, 0.3) is 11.4 Å². The fraction of sp³-hybridized carbons (Fsp3) is 0.286. The van der Waals surface area contributed by atoms with Gasteiger partial charge in [0, 0.05) is 19.7 Å². The van der Waals surface area contributed by atoms with E-state index >= 15 is 0 Å². The van der Waals surface area contributed by atoms with Crippen LogP contribution in [0.4, 0.5) is 0 Å². The molecule has 30 heavy (non-hydrogen) atoms. The highest BCUT2D eigenvalue weighted by molar-refractivity contribution is 7.88. The maximum Gasteiger partial charge on any atom is 0.246 e. The first-order valence-electron chi connectivity index (χ1n) is 9.30. The van der Waals surface area contributed by atoms with Crippen molar-refractivity contribution in [2.75, 3.05) is 20.4 Å². The second-order valence-corrected chi connectivity index (χ2v) is 9.16. The molecule has 3 rings (SSSR count). The maximum atomic E-state index is 13.2. The number of aryl methyl sites for hydroxylation is 1. The van der Waals surface area contributed by atoms with E-state index in [1.165, 1.54) is 11.9 Å². The van der Waals surface area contributed by atoms with Crippen molar-refractivity contribution in [3.63, 3.8) is 0 Å². The zero-order valence-electron chi connectivity index (χ0n) is 17.3. The highest BCUT2D eigenvalue weighted by atomic mass is 32.2. The number of benzene rings is 2. The summed E-state index contributed by atoms with van der Waals surface area (Å²) in [4.78, 5) is 19.0. The van der Waals surface area contributed by atoms with Gasteiger partial charge in [0.25, 0.3) is 0 Å². The standard InChI is InChI=1S/C21H24N4O4S/c1-15-10-8-9-13-17(15)20-22-18(29-23-20)14-24(2)21(26)19(25(3)30(4,27)28)16-11-6-5-7-12-16/h5-13,19H,14H2,1-4H3/t19-/m0/s1. The molecule has 9 heteroatoms. The van der Waals surface area contributed by atoms with Gasteiger partial charge in [-0.3, -0.25) is 4.79 Å². The molecule has 1 amide bonds. The largest absolute Gasteiger partial charge is 0.337 e. The molecule has 1 atom stereocenters. The van der Waals surface area contributed by atoms with E-state index in [0.29, 0.717) is 11.4 Å². The fourth-order valence-corrected chi connectivity index (χ4v) is 3.67. The molecule has 2 aromatic carbocycles. The lowest BCUT2D eigenvalue weighted by atomic mass is 10.1. The third kappa shape index (κ3) is 4.74.